The molecule has 2 aromatic carbocycles. The molecular formula is C21H23ClN2O4. The molecule has 2 atom stereocenters. The second-order valence-electron chi connectivity index (χ2n) is 6.99. The van der Waals surface area contributed by atoms with Crippen LogP contribution >= 0.6 is 11.6 Å². The summed E-state index contributed by atoms with van der Waals surface area (Å²) in [5.74, 6) is 0.587. The lowest BCUT2D eigenvalue weighted by molar-refractivity contribution is -0.119. The highest BCUT2D eigenvalue weighted by Gasteiger charge is 2.27. The number of carbonyl (C=O) groups is 2. The van der Waals surface area contributed by atoms with Crippen molar-refractivity contribution in [1.82, 2.24) is 0 Å². The number of nitrogens with zero attached hydrogens (tertiary/aromatic N) is 1. The fourth-order valence-corrected chi connectivity index (χ4v) is 3.76. The molecule has 7 heteroatoms. The van der Waals surface area contributed by atoms with Gasteiger partial charge in [-0.1, -0.05) is 42.8 Å². The van der Waals surface area contributed by atoms with Crippen molar-refractivity contribution < 1.29 is 19.1 Å². The SMILES string of the molecule is COC(=O)Oc1ccc(C(N)CC(=O)N2CC(C)Cc3ccccc32)c(Cl)c1. The summed E-state index contributed by atoms with van der Waals surface area (Å²) in [6.07, 6.45) is 0.249. The Morgan fingerprint density at radius 3 is 2.75 bits per heavy atom. The molecule has 0 bridgehead atoms. The highest BCUT2D eigenvalue weighted by Crippen LogP contribution is 2.32. The van der Waals surface area contributed by atoms with Crippen molar-refractivity contribution in [2.75, 3.05) is 18.6 Å². The van der Waals surface area contributed by atoms with Crippen molar-refractivity contribution in [2.24, 2.45) is 11.7 Å². The van der Waals surface area contributed by atoms with Crippen LogP contribution < -0.4 is 15.4 Å². The van der Waals surface area contributed by atoms with E-state index in [1.807, 2.05) is 23.1 Å². The van der Waals surface area contributed by atoms with E-state index >= 15 is 0 Å². The van der Waals surface area contributed by atoms with Crippen molar-refractivity contribution in [3.05, 3.63) is 58.6 Å². The topological polar surface area (TPSA) is 81.9 Å². The minimum Gasteiger partial charge on any atom is -0.437 e. The molecule has 6 nitrogen and oxygen atoms in total. The standard InChI is InChI=1S/C21H23ClN2O4/c1-13-9-14-5-3-4-6-19(14)24(12-13)20(25)11-18(23)16-8-7-15(10-17(16)22)28-21(26)27-2/h3-8,10,13,18H,9,11-12,23H2,1-2H3. The van der Waals surface area contributed by atoms with Crippen molar-refractivity contribution in [3.63, 3.8) is 0 Å². The maximum Gasteiger partial charge on any atom is 0.513 e. The molecule has 1 heterocycles. The van der Waals surface area contributed by atoms with E-state index in [1.54, 1.807) is 12.1 Å². The molecule has 2 aromatic rings. The maximum atomic E-state index is 13.0. The van der Waals surface area contributed by atoms with Gasteiger partial charge in [0, 0.05) is 29.7 Å². The van der Waals surface area contributed by atoms with Gasteiger partial charge in [0.25, 0.3) is 0 Å². The molecule has 0 radical (unpaired) electrons. The smallest absolute Gasteiger partial charge is 0.437 e. The summed E-state index contributed by atoms with van der Waals surface area (Å²) >= 11 is 6.29. The number of benzene rings is 2. The second kappa shape index (κ2) is 8.63. The van der Waals surface area contributed by atoms with E-state index < -0.39 is 12.2 Å². The molecule has 1 aliphatic heterocycles. The van der Waals surface area contributed by atoms with Crippen LogP contribution in [0.3, 0.4) is 0 Å². The van der Waals surface area contributed by atoms with Gasteiger partial charge >= 0.3 is 6.16 Å². The molecular weight excluding hydrogens is 380 g/mol. The van der Waals surface area contributed by atoms with E-state index in [0.717, 1.165) is 12.1 Å². The number of fused-ring (bicyclic) bond motifs is 1. The summed E-state index contributed by atoms with van der Waals surface area (Å²) in [5, 5.41) is 0.328. The van der Waals surface area contributed by atoms with Gasteiger partial charge in [0.2, 0.25) is 5.91 Å². The first-order chi connectivity index (χ1) is 13.4. The summed E-state index contributed by atoms with van der Waals surface area (Å²) in [4.78, 5) is 26.0. The highest BCUT2D eigenvalue weighted by molar-refractivity contribution is 6.31. The molecule has 0 aromatic heterocycles. The summed E-state index contributed by atoms with van der Waals surface area (Å²) < 4.78 is 9.39. The fraction of sp³-hybridized carbons (Fsp3) is 0.333. The fourth-order valence-electron chi connectivity index (χ4n) is 3.45. The van der Waals surface area contributed by atoms with Gasteiger partial charge in [0.15, 0.2) is 0 Å². The number of rotatable bonds is 4. The Kier molecular flexibility index (Phi) is 6.21. The molecule has 3 rings (SSSR count). The van der Waals surface area contributed by atoms with E-state index in [2.05, 4.69) is 17.7 Å². The molecule has 0 saturated carbocycles. The second-order valence-corrected chi connectivity index (χ2v) is 7.40. The predicted molar refractivity (Wildman–Crippen MR) is 108 cm³/mol. The van der Waals surface area contributed by atoms with Gasteiger partial charge < -0.3 is 20.1 Å². The predicted octanol–water partition coefficient (Wildman–Crippen LogP) is 4.10. The van der Waals surface area contributed by atoms with Gasteiger partial charge in [0.05, 0.1) is 7.11 Å². The molecule has 2 N–H and O–H groups in total. The van der Waals surface area contributed by atoms with Gasteiger partial charge in [0.1, 0.15) is 5.75 Å². The molecule has 148 valence electrons. The van der Waals surface area contributed by atoms with Crippen LogP contribution in [0.15, 0.2) is 42.5 Å². The van der Waals surface area contributed by atoms with Crippen LogP contribution in [0.1, 0.15) is 30.5 Å². The summed E-state index contributed by atoms with van der Waals surface area (Å²) in [7, 11) is 1.22. The van der Waals surface area contributed by atoms with Crippen molar-refractivity contribution in [3.8, 4) is 5.75 Å². The molecule has 0 fully saturated rings. The van der Waals surface area contributed by atoms with Crippen LogP contribution in [-0.2, 0) is 16.0 Å². The van der Waals surface area contributed by atoms with E-state index in [9.17, 15) is 9.59 Å². The first-order valence-corrected chi connectivity index (χ1v) is 9.46. The third kappa shape index (κ3) is 4.46. The van der Waals surface area contributed by atoms with E-state index in [1.165, 1.54) is 18.7 Å². The number of halogens is 1. The van der Waals surface area contributed by atoms with Gasteiger partial charge in [-0.15, -0.1) is 0 Å². The van der Waals surface area contributed by atoms with E-state index in [4.69, 9.17) is 22.1 Å². The zero-order valence-corrected chi connectivity index (χ0v) is 16.6. The normalized spacial score (nSPS) is 16.9. The number of anilines is 1. The number of hydrogen-bond acceptors (Lipinski definition) is 5. The summed E-state index contributed by atoms with van der Waals surface area (Å²) in [5.41, 5.74) is 9.01. The minimum absolute atomic E-state index is 0.0440. The number of amides is 1. The van der Waals surface area contributed by atoms with Crippen LogP contribution in [0, 0.1) is 5.92 Å². The quantitative estimate of drug-likeness (QED) is 0.615. The molecule has 0 spiro atoms. The molecule has 0 aliphatic carbocycles. The van der Waals surface area contributed by atoms with Gasteiger partial charge in [-0.2, -0.15) is 0 Å². The third-order valence-corrected chi connectivity index (χ3v) is 5.11. The lowest BCUT2D eigenvalue weighted by Crippen LogP contribution is -2.40. The van der Waals surface area contributed by atoms with Crippen LogP contribution in [0.5, 0.6) is 5.75 Å². The highest BCUT2D eigenvalue weighted by atomic mass is 35.5. The number of nitrogens with two attached hydrogens (primary N) is 1. The number of hydrogen-bond donors (Lipinski definition) is 1. The zero-order valence-electron chi connectivity index (χ0n) is 15.9. The first-order valence-electron chi connectivity index (χ1n) is 9.08. The summed E-state index contributed by atoms with van der Waals surface area (Å²) in [6, 6.07) is 12.1. The van der Waals surface area contributed by atoms with E-state index in [-0.39, 0.29) is 18.1 Å². The average molecular weight is 403 g/mol. The molecule has 0 saturated heterocycles. The Hall–Kier alpha value is -2.57. The molecule has 1 amide bonds. The van der Waals surface area contributed by atoms with Gasteiger partial charge in [-0.25, -0.2) is 4.79 Å². The average Bonchev–Trinajstić information content (AvgIpc) is 2.67. The molecule has 28 heavy (non-hydrogen) atoms. The minimum atomic E-state index is -0.832. The van der Waals surface area contributed by atoms with E-state index in [0.29, 0.717) is 23.0 Å². The number of ether oxygens (including phenoxy) is 2. The molecule has 1 aliphatic rings. The Balaban J connectivity index is 1.73. The Labute approximate surface area is 169 Å². The van der Waals surface area contributed by atoms with Crippen LogP contribution in [-0.4, -0.2) is 25.7 Å². The maximum absolute atomic E-state index is 13.0. The number of methoxy groups -OCH3 is 1. The Morgan fingerprint density at radius 2 is 2.04 bits per heavy atom. The van der Waals surface area contributed by atoms with Crippen molar-refractivity contribution in [1.29, 1.82) is 0 Å². The number of para-hydroxylation sites is 1. The van der Waals surface area contributed by atoms with Crippen molar-refractivity contribution >= 4 is 29.4 Å². The first kappa shape index (κ1) is 20.2. The summed E-state index contributed by atoms with van der Waals surface area (Å²) in [6.45, 7) is 2.80. The van der Waals surface area contributed by atoms with Gasteiger partial charge in [-0.3, -0.25) is 4.79 Å². The van der Waals surface area contributed by atoms with Crippen LogP contribution in [0.2, 0.25) is 5.02 Å². The van der Waals surface area contributed by atoms with Crippen LogP contribution in [0.4, 0.5) is 10.5 Å². The van der Waals surface area contributed by atoms with Crippen molar-refractivity contribution in [2.45, 2.75) is 25.8 Å². The monoisotopic (exact) mass is 402 g/mol. The van der Waals surface area contributed by atoms with Crippen LogP contribution in [0.25, 0.3) is 0 Å². The van der Waals surface area contributed by atoms with Gasteiger partial charge in [-0.05, 0) is 41.7 Å². The lowest BCUT2D eigenvalue weighted by atomic mass is 9.93. The largest absolute Gasteiger partial charge is 0.513 e. The Morgan fingerprint density at radius 1 is 1.29 bits per heavy atom. The lowest BCUT2D eigenvalue weighted by Gasteiger charge is -2.34. The molecule has 2 unspecified atom stereocenters. The Bertz CT molecular complexity index is 886. The third-order valence-electron chi connectivity index (χ3n) is 4.78. The number of carbonyl (C=O) groups excluding carboxylic acids is 2. The zero-order chi connectivity index (χ0) is 20.3.